The number of carbonyl (C=O) groups is 2. The van der Waals surface area contributed by atoms with E-state index in [1.54, 1.807) is 31.1 Å². The molecule has 1 aliphatic heterocycles. The fourth-order valence-electron chi connectivity index (χ4n) is 2.70. The summed E-state index contributed by atoms with van der Waals surface area (Å²) in [4.78, 5) is 34.3. The predicted molar refractivity (Wildman–Crippen MR) is 98.3 cm³/mol. The number of aromatic nitrogens is 2. The first-order valence-corrected chi connectivity index (χ1v) is 9.23. The number of carbonyl (C=O) groups excluding carboxylic acids is 2. The molecule has 9 nitrogen and oxygen atoms in total. The highest BCUT2D eigenvalue weighted by Gasteiger charge is 2.23. The standard InChI is InChI=1S/C16H22N6O3S/c1-12-9-13(19-25-12)18-14(23)10-21-4-6-22(7-5-21)11-15(24)20(2)16-17-3-8-26-16/h3,8-9H,4-7,10-11H2,1-2H3,(H,18,19,23). The lowest BCUT2D eigenvalue weighted by Gasteiger charge is -2.34. The molecule has 0 bridgehead atoms. The van der Waals surface area contributed by atoms with E-state index in [-0.39, 0.29) is 11.8 Å². The molecule has 0 radical (unpaired) electrons. The first-order chi connectivity index (χ1) is 12.5. The maximum absolute atomic E-state index is 12.3. The summed E-state index contributed by atoms with van der Waals surface area (Å²) in [6, 6.07) is 1.68. The Hall–Kier alpha value is -2.30. The Bertz CT molecular complexity index is 739. The first-order valence-electron chi connectivity index (χ1n) is 8.35. The Balaban J connectivity index is 1.39. The zero-order valence-corrected chi connectivity index (χ0v) is 15.7. The first kappa shape index (κ1) is 18.5. The molecule has 140 valence electrons. The molecule has 0 spiro atoms. The molecule has 2 amide bonds. The number of piperazine rings is 1. The third-order valence-corrected chi connectivity index (χ3v) is 5.01. The van der Waals surface area contributed by atoms with Crippen LogP contribution in [0.5, 0.6) is 0 Å². The number of aryl methyl sites for hydroxylation is 1. The highest BCUT2D eigenvalue weighted by atomic mass is 32.1. The van der Waals surface area contributed by atoms with Crippen molar-refractivity contribution in [1.29, 1.82) is 0 Å². The highest BCUT2D eigenvalue weighted by molar-refractivity contribution is 7.13. The van der Waals surface area contributed by atoms with Gasteiger partial charge in [-0.2, -0.15) is 0 Å². The monoisotopic (exact) mass is 378 g/mol. The molecule has 10 heteroatoms. The van der Waals surface area contributed by atoms with Gasteiger partial charge < -0.3 is 9.84 Å². The molecule has 0 saturated carbocycles. The Morgan fingerprint density at radius 2 is 1.96 bits per heavy atom. The number of hydrogen-bond donors (Lipinski definition) is 1. The van der Waals surface area contributed by atoms with Crippen molar-refractivity contribution in [2.45, 2.75) is 6.92 Å². The van der Waals surface area contributed by atoms with Crippen molar-refractivity contribution in [1.82, 2.24) is 19.9 Å². The fraction of sp³-hybridized carbons (Fsp3) is 0.500. The molecule has 2 aromatic heterocycles. The molecule has 0 atom stereocenters. The lowest BCUT2D eigenvalue weighted by Crippen LogP contribution is -2.51. The summed E-state index contributed by atoms with van der Waals surface area (Å²) in [6.45, 7) is 5.39. The van der Waals surface area contributed by atoms with Gasteiger partial charge in [-0.1, -0.05) is 5.16 Å². The zero-order chi connectivity index (χ0) is 18.5. The number of thiazole rings is 1. The van der Waals surface area contributed by atoms with E-state index < -0.39 is 0 Å². The molecule has 0 unspecified atom stereocenters. The summed E-state index contributed by atoms with van der Waals surface area (Å²) >= 11 is 1.44. The van der Waals surface area contributed by atoms with E-state index in [9.17, 15) is 9.59 Å². The van der Waals surface area contributed by atoms with Crippen LogP contribution in [0, 0.1) is 6.92 Å². The normalized spacial score (nSPS) is 15.8. The minimum Gasteiger partial charge on any atom is -0.360 e. The largest absolute Gasteiger partial charge is 0.360 e. The quantitative estimate of drug-likeness (QED) is 0.789. The molecule has 3 rings (SSSR count). The van der Waals surface area contributed by atoms with Gasteiger partial charge >= 0.3 is 0 Å². The van der Waals surface area contributed by atoms with Crippen molar-refractivity contribution in [2.24, 2.45) is 0 Å². The number of anilines is 2. The minimum absolute atomic E-state index is 0.0209. The van der Waals surface area contributed by atoms with Crippen molar-refractivity contribution in [3.05, 3.63) is 23.4 Å². The Morgan fingerprint density at radius 1 is 1.27 bits per heavy atom. The summed E-state index contributed by atoms with van der Waals surface area (Å²) in [6.07, 6.45) is 1.69. The van der Waals surface area contributed by atoms with Crippen molar-refractivity contribution < 1.29 is 14.1 Å². The van der Waals surface area contributed by atoms with Crippen LogP contribution in [0.3, 0.4) is 0 Å². The number of rotatable bonds is 6. The minimum atomic E-state index is -0.119. The van der Waals surface area contributed by atoms with Crippen LogP contribution in [0.25, 0.3) is 0 Å². The van der Waals surface area contributed by atoms with Crippen molar-refractivity contribution in [2.75, 3.05) is 56.5 Å². The number of amides is 2. The summed E-state index contributed by atoms with van der Waals surface area (Å²) in [5.41, 5.74) is 0. The summed E-state index contributed by atoms with van der Waals surface area (Å²) < 4.78 is 4.93. The second-order valence-electron chi connectivity index (χ2n) is 6.19. The topological polar surface area (TPSA) is 94.8 Å². The van der Waals surface area contributed by atoms with E-state index in [0.29, 0.717) is 29.8 Å². The highest BCUT2D eigenvalue weighted by Crippen LogP contribution is 2.16. The van der Waals surface area contributed by atoms with Gasteiger partial charge in [-0.15, -0.1) is 11.3 Å². The van der Waals surface area contributed by atoms with Crippen LogP contribution >= 0.6 is 11.3 Å². The number of likely N-dealkylation sites (N-methyl/N-ethyl adjacent to an activating group) is 1. The van der Waals surface area contributed by atoms with Crippen LogP contribution in [0.1, 0.15) is 5.76 Å². The molecular weight excluding hydrogens is 356 g/mol. The molecule has 1 saturated heterocycles. The summed E-state index contributed by atoms with van der Waals surface area (Å²) in [5.74, 6) is 0.988. The van der Waals surface area contributed by atoms with Gasteiger partial charge in [0, 0.05) is 50.9 Å². The number of hydrogen-bond acceptors (Lipinski definition) is 8. The Morgan fingerprint density at radius 3 is 2.54 bits per heavy atom. The molecule has 0 aliphatic carbocycles. The zero-order valence-electron chi connectivity index (χ0n) is 14.8. The lowest BCUT2D eigenvalue weighted by molar-refractivity contribution is -0.121. The van der Waals surface area contributed by atoms with E-state index in [1.165, 1.54) is 11.3 Å². The molecule has 1 fully saturated rings. The Labute approximate surface area is 155 Å². The molecule has 26 heavy (non-hydrogen) atoms. The molecular formula is C16H22N6O3S. The van der Waals surface area contributed by atoms with Gasteiger partial charge in [0.25, 0.3) is 0 Å². The maximum Gasteiger partial charge on any atom is 0.242 e. The molecule has 0 aromatic carbocycles. The second-order valence-corrected chi connectivity index (χ2v) is 7.06. The van der Waals surface area contributed by atoms with Crippen LogP contribution in [0.2, 0.25) is 0 Å². The SMILES string of the molecule is Cc1cc(NC(=O)CN2CCN(CC(=O)N(C)c3nccs3)CC2)no1. The van der Waals surface area contributed by atoms with Gasteiger partial charge in [0.05, 0.1) is 13.1 Å². The maximum atomic E-state index is 12.3. The third kappa shape index (κ3) is 4.87. The van der Waals surface area contributed by atoms with Crippen LogP contribution in [-0.4, -0.2) is 78.1 Å². The average molecular weight is 378 g/mol. The fourth-order valence-corrected chi connectivity index (χ4v) is 3.33. The van der Waals surface area contributed by atoms with Crippen LogP contribution in [0.4, 0.5) is 10.9 Å². The van der Waals surface area contributed by atoms with Gasteiger partial charge in [-0.3, -0.25) is 24.3 Å². The smallest absolute Gasteiger partial charge is 0.242 e. The van der Waals surface area contributed by atoms with Gasteiger partial charge in [0.1, 0.15) is 5.76 Å². The van der Waals surface area contributed by atoms with E-state index in [1.807, 2.05) is 5.38 Å². The van der Waals surface area contributed by atoms with Crippen LogP contribution in [0.15, 0.2) is 22.2 Å². The van der Waals surface area contributed by atoms with Gasteiger partial charge in [0.15, 0.2) is 10.9 Å². The molecule has 2 aromatic rings. The predicted octanol–water partition coefficient (Wildman–Crippen LogP) is 0.659. The van der Waals surface area contributed by atoms with E-state index >= 15 is 0 Å². The Kier molecular flexibility index (Phi) is 5.96. The van der Waals surface area contributed by atoms with Crippen molar-refractivity contribution in [3.63, 3.8) is 0 Å². The van der Waals surface area contributed by atoms with Gasteiger partial charge in [0.2, 0.25) is 11.8 Å². The number of nitrogens with zero attached hydrogens (tertiary/aromatic N) is 5. The van der Waals surface area contributed by atoms with Crippen molar-refractivity contribution >= 4 is 34.1 Å². The summed E-state index contributed by atoms with van der Waals surface area (Å²) in [7, 11) is 1.74. The summed E-state index contributed by atoms with van der Waals surface area (Å²) in [5, 5.41) is 9.02. The van der Waals surface area contributed by atoms with E-state index in [4.69, 9.17) is 4.52 Å². The molecule has 1 N–H and O–H groups in total. The van der Waals surface area contributed by atoms with Crippen molar-refractivity contribution in [3.8, 4) is 0 Å². The van der Waals surface area contributed by atoms with E-state index in [2.05, 4.69) is 25.3 Å². The van der Waals surface area contributed by atoms with Crippen LogP contribution in [-0.2, 0) is 9.59 Å². The third-order valence-electron chi connectivity index (χ3n) is 4.17. The van der Waals surface area contributed by atoms with Gasteiger partial charge in [-0.25, -0.2) is 4.98 Å². The average Bonchev–Trinajstić information content (AvgIpc) is 3.28. The molecule has 1 aliphatic rings. The number of nitrogens with one attached hydrogen (secondary N) is 1. The second kappa shape index (κ2) is 8.39. The van der Waals surface area contributed by atoms with Gasteiger partial charge in [-0.05, 0) is 6.92 Å². The van der Waals surface area contributed by atoms with Crippen LogP contribution < -0.4 is 10.2 Å². The molecule has 3 heterocycles. The lowest BCUT2D eigenvalue weighted by atomic mass is 10.3. The van der Waals surface area contributed by atoms with E-state index in [0.717, 1.165) is 26.2 Å².